The molecule has 0 saturated carbocycles. The third kappa shape index (κ3) is 3.66. The van der Waals surface area contributed by atoms with E-state index >= 15 is 0 Å². The first-order chi connectivity index (χ1) is 12.5. The molecule has 1 heterocycles. The average molecular weight is 354 g/mol. The molecule has 1 aliphatic heterocycles. The summed E-state index contributed by atoms with van der Waals surface area (Å²) in [6.45, 7) is 1.29. The lowest BCUT2D eigenvalue weighted by atomic mass is 10.1. The predicted octanol–water partition coefficient (Wildman–Crippen LogP) is 2.13. The van der Waals surface area contributed by atoms with Crippen molar-refractivity contribution >= 4 is 23.5 Å². The number of rotatable bonds is 5. The third-order valence-electron chi connectivity index (χ3n) is 4.00. The molecule has 2 aromatic rings. The third-order valence-corrected chi connectivity index (χ3v) is 4.00. The summed E-state index contributed by atoms with van der Waals surface area (Å²) in [6, 6.07) is 13.9. The van der Waals surface area contributed by atoms with Gasteiger partial charge in [-0.15, -0.1) is 0 Å². The Morgan fingerprint density at radius 1 is 1.15 bits per heavy atom. The van der Waals surface area contributed by atoms with Gasteiger partial charge in [0.05, 0.1) is 11.3 Å². The summed E-state index contributed by atoms with van der Waals surface area (Å²) in [5.41, 5.74) is 1.43. The van der Waals surface area contributed by atoms with Gasteiger partial charge in [-0.05, 0) is 24.6 Å². The Morgan fingerprint density at radius 3 is 2.58 bits per heavy atom. The zero-order valence-electron chi connectivity index (χ0n) is 14.1. The lowest BCUT2D eigenvalue weighted by Gasteiger charge is -2.27. The van der Waals surface area contributed by atoms with Crippen LogP contribution in [0.25, 0.3) is 0 Å². The second-order valence-electron chi connectivity index (χ2n) is 5.97. The number of para-hydroxylation sites is 1. The van der Waals surface area contributed by atoms with E-state index in [0.29, 0.717) is 5.69 Å². The van der Waals surface area contributed by atoms with Crippen LogP contribution >= 0.6 is 0 Å². The molecule has 1 atom stereocenters. The van der Waals surface area contributed by atoms with Crippen LogP contribution in [-0.2, 0) is 16.1 Å². The molecule has 0 saturated heterocycles. The minimum absolute atomic E-state index is 0.150. The van der Waals surface area contributed by atoms with Crippen LogP contribution in [0.4, 0.5) is 5.69 Å². The standard InChI is InChI=1S/C19H18N2O5/c1-12-18(24)20-15-9-5-8-14(17(15)26-12)19(25)21(11-16(22)23)10-13-6-3-2-4-7-13/h2-9,12H,10-11H2,1H3,(H,20,24)(H,22,23)/t12-/m0/s1. The van der Waals surface area contributed by atoms with Crippen molar-refractivity contribution < 1.29 is 24.2 Å². The van der Waals surface area contributed by atoms with E-state index in [1.807, 2.05) is 30.3 Å². The van der Waals surface area contributed by atoms with Gasteiger partial charge >= 0.3 is 5.97 Å². The summed E-state index contributed by atoms with van der Waals surface area (Å²) in [5.74, 6) is -1.63. The molecule has 2 N–H and O–H groups in total. The number of benzene rings is 2. The van der Waals surface area contributed by atoms with Crippen molar-refractivity contribution in [3.63, 3.8) is 0 Å². The van der Waals surface area contributed by atoms with Crippen LogP contribution in [0.5, 0.6) is 5.75 Å². The van der Waals surface area contributed by atoms with E-state index in [-0.39, 0.29) is 23.8 Å². The maximum absolute atomic E-state index is 13.0. The molecule has 0 aromatic heterocycles. The quantitative estimate of drug-likeness (QED) is 0.858. The van der Waals surface area contributed by atoms with Gasteiger partial charge in [-0.3, -0.25) is 14.4 Å². The number of hydrogen-bond donors (Lipinski definition) is 2. The fraction of sp³-hybridized carbons (Fsp3) is 0.211. The van der Waals surface area contributed by atoms with Gasteiger partial charge < -0.3 is 20.1 Å². The molecular formula is C19H18N2O5. The number of amides is 2. The highest BCUT2D eigenvalue weighted by atomic mass is 16.5. The molecule has 0 spiro atoms. The molecule has 2 aromatic carbocycles. The summed E-state index contributed by atoms with van der Waals surface area (Å²) >= 11 is 0. The van der Waals surface area contributed by atoms with Crippen LogP contribution in [0.2, 0.25) is 0 Å². The predicted molar refractivity (Wildman–Crippen MR) is 94.0 cm³/mol. The summed E-state index contributed by atoms with van der Waals surface area (Å²) < 4.78 is 5.59. The lowest BCUT2D eigenvalue weighted by Crippen LogP contribution is -2.38. The second kappa shape index (κ2) is 7.26. The van der Waals surface area contributed by atoms with Crippen LogP contribution in [0.3, 0.4) is 0 Å². The Morgan fingerprint density at radius 2 is 1.88 bits per heavy atom. The maximum Gasteiger partial charge on any atom is 0.323 e. The molecule has 134 valence electrons. The van der Waals surface area contributed by atoms with Crippen LogP contribution in [0, 0.1) is 0 Å². The Bertz CT molecular complexity index is 850. The topological polar surface area (TPSA) is 95.9 Å². The van der Waals surface area contributed by atoms with Crippen molar-refractivity contribution in [2.45, 2.75) is 19.6 Å². The minimum atomic E-state index is -1.11. The first kappa shape index (κ1) is 17.5. The van der Waals surface area contributed by atoms with Crippen molar-refractivity contribution in [1.29, 1.82) is 0 Å². The number of hydrogen-bond acceptors (Lipinski definition) is 4. The Labute approximate surface area is 150 Å². The van der Waals surface area contributed by atoms with E-state index in [2.05, 4.69) is 5.32 Å². The van der Waals surface area contributed by atoms with Gasteiger partial charge in [-0.25, -0.2) is 0 Å². The zero-order chi connectivity index (χ0) is 18.7. The lowest BCUT2D eigenvalue weighted by molar-refractivity contribution is -0.137. The van der Waals surface area contributed by atoms with Gasteiger partial charge in [0.1, 0.15) is 6.54 Å². The van der Waals surface area contributed by atoms with E-state index in [1.165, 1.54) is 4.90 Å². The molecule has 0 radical (unpaired) electrons. The molecule has 7 nitrogen and oxygen atoms in total. The van der Waals surface area contributed by atoms with Gasteiger partial charge in [-0.2, -0.15) is 0 Å². The number of carbonyl (C=O) groups excluding carboxylic acids is 2. The van der Waals surface area contributed by atoms with E-state index < -0.39 is 24.5 Å². The molecule has 3 rings (SSSR count). The Hall–Kier alpha value is -3.35. The Balaban J connectivity index is 1.93. The summed E-state index contributed by atoms with van der Waals surface area (Å²) in [6.07, 6.45) is -0.738. The van der Waals surface area contributed by atoms with Crippen molar-refractivity contribution in [3.05, 3.63) is 59.7 Å². The first-order valence-electron chi connectivity index (χ1n) is 8.11. The van der Waals surface area contributed by atoms with Gasteiger partial charge in [0.25, 0.3) is 11.8 Å². The highest BCUT2D eigenvalue weighted by molar-refractivity contribution is 6.04. The van der Waals surface area contributed by atoms with Gasteiger partial charge in [0.2, 0.25) is 0 Å². The molecule has 7 heteroatoms. The highest BCUT2D eigenvalue weighted by Gasteiger charge is 2.30. The number of carbonyl (C=O) groups is 3. The molecule has 1 aliphatic rings. The zero-order valence-corrected chi connectivity index (χ0v) is 14.1. The fourth-order valence-corrected chi connectivity index (χ4v) is 2.73. The molecule has 0 aliphatic carbocycles. The van der Waals surface area contributed by atoms with Gasteiger partial charge in [-0.1, -0.05) is 36.4 Å². The Kier molecular flexibility index (Phi) is 4.88. The monoisotopic (exact) mass is 354 g/mol. The summed E-state index contributed by atoms with van der Waals surface area (Å²) in [5, 5.41) is 11.9. The summed E-state index contributed by atoms with van der Waals surface area (Å²) in [7, 11) is 0. The van der Waals surface area contributed by atoms with Gasteiger partial charge in [0.15, 0.2) is 11.9 Å². The van der Waals surface area contributed by atoms with Crippen LogP contribution < -0.4 is 10.1 Å². The van der Waals surface area contributed by atoms with Crippen LogP contribution in [0.1, 0.15) is 22.8 Å². The van der Waals surface area contributed by atoms with Gasteiger partial charge in [0, 0.05) is 6.54 Å². The highest BCUT2D eigenvalue weighted by Crippen LogP contribution is 2.34. The largest absolute Gasteiger partial charge is 0.480 e. The number of fused-ring (bicyclic) bond motifs is 1. The minimum Gasteiger partial charge on any atom is -0.480 e. The number of ether oxygens (including phenoxy) is 1. The SMILES string of the molecule is C[C@@H]1Oc2c(cccc2C(=O)N(CC(=O)O)Cc2ccccc2)NC1=O. The molecule has 2 amide bonds. The number of aliphatic carboxylic acids is 1. The van der Waals surface area contributed by atoms with Crippen LogP contribution in [0.15, 0.2) is 48.5 Å². The van der Waals surface area contributed by atoms with Crippen molar-refractivity contribution in [2.24, 2.45) is 0 Å². The van der Waals surface area contributed by atoms with E-state index in [9.17, 15) is 19.5 Å². The van der Waals surface area contributed by atoms with Crippen molar-refractivity contribution in [3.8, 4) is 5.75 Å². The number of anilines is 1. The smallest absolute Gasteiger partial charge is 0.323 e. The van der Waals surface area contributed by atoms with E-state index in [0.717, 1.165) is 5.56 Å². The normalized spacial score (nSPS) is 15.4. The molecule has 0 fully saturated rings. The molecular weight excluding hydrogens is 336 g/mol. The molecule has 26 heavy (non-hydrogen) atoms. The fourth-order valence-electron chi connectivity index (χ4n) is 2.73. The molecule has 0 unspecified atom stereocenters. The number of carboxylic acid groups (broad SMARTS) is 1. The number of nitrogens with zero attached hydrogens (tertiary/aromatic N) is 1. The average Bonchev–Trinajstić information content (AvgIpc) is 2.61. The van der Waals surface area contributed by atoms with Crippen LogP contribution in [-0.4, -0.2) is 40.4 Å². The first-order valence-corrected chi connectivity index (χ1v) is 8.11. The number of carboxylic acids is 1. The van der Waals surface area contributed by atoms with Crippen molar-refractivity contribution in [1.82, 2.24) is 4.90 Å². The number of nitrogens with one attached hydrogen (secondary N) is 1. The maximum atomic E-state index is 13.0. The summed E-state index contributed by atoms with van der Waals surface area (Å²) in [4.78, 5) is 37.2. The van der Waals surface area contributed by atoms with Crippen molar-refractivity contribution in [2.75, 3.05) is 11.9 Å². The van der Waals surface area contributed by atoms with E-state index in [1.54, 1.807) is 25.1 Å². The van der Waals surface area contributed by atoms with E-state index in [4.69, 9.17) is 4.74 Å². The molecule has 0 bridgehead atoms. The second-order valence-corrected chi connectivity index (χ2v) is 5.97.